The van der Waals surface area contributed by atoms with Crippen LogP contribution in [0.15, 0.2) is 18.2 Å². The third kappa shape index (κ3) is 4.63. The van der Waals surface area contributed by atoms with E-state index in [1.165, 1.54) is 6.08 Å². The van der Waals surface area contributed by atoms with Gasteiger partial charge in [-0.05, 0) is 19.4 Å². The van der Waals surface area contributed by atoms with E-state index in [0.29, 0.717) is 35.1 Å². The van der Waals surface area contributed by atoms with Gasteiger partial charge in [0.1, 0.15) is 11.0 Å². The van der Waals surface area contributed by atoms with E-state index in [-0.39, 0.29) is 0 Å². The van der Waals surface area contributed by atoms with Gasteiger partial charge < -0.3 is 5.32 Å². The number of carbonyl (C=O) groups is 1. The first-order valence-electron chi connectivity index (χ1n) is 7.70. The number of nitrogens with zero attached hydrogens (tertiary/aromatic N) is 2. The largest absolute Gasteiger partial charge is 0.320 e. The first-order valence-corrected chi connectivity index (χ1v) is 8.07. The van der Waals surface area contributed by atoms with Gasteiger partial charge in [0.05, 0.1) is 11.4 Å². The highest BCUT2D eigenvalue weighted by molar-refractivity contribution is 6.31. The molecule has 1 N–H and O–H groups in total. The molecular formula is C17H17ClF3N3O. The third-order valence-corrected chi connectivity index (χ3v) is 3.90. The highest BCUT2D eigenvalue weighted by Gasteiger charge is 2.13. The summed E-state index contributed by atoms with van der Waals surface area (Å²) in [6, 6.07) is 0.949. The number of rotatable bonds is 6. The molecule has 0 bridgehead atoms. The lowest BCUT2D eigenvalue weighted by Crippen LogP contribution is -2.10. The van der Waals surface area contributed by atoms with Crippen LogP contribution in [0.5, 0.6) is 0 Å². The van der Waals surface area contributed by atoms with Crippen LogP contribution in [0.1, 0.15) is 31.0 Å². The van der Waals surface area contributed by atoms with E-state index in [4.69, 9.17) is 11.6 Å². The van der Waals surface area contributed by atoms with Crippen molar-refractivity contribution in [2.75, 3.05) is 5.32 Å². The average molecular weight is 372 g/mol. The number of benzene rings is 1. The minimum absolute atomic E-state index is 0.368. The summed E-state index contributed by atoms with van der Waals surface area (Å²) in [6.45, 7) is 4.46. The second kappa shape index (κ2) is 8.20. The number of carbonyl (C=O) groups excluding carboxylic acids is 1. The van der Waals surface area contributed by atoms with Gasteiger partial charge in [-0.1, -0.05) is 24.9 Å². The molecule has 134 valence electrons. The second-order valence-electron chi connectivity index (χ2n) is 5.44. The predicted octanol–water partition coefficient (Wildman–Crippen LogP) is 4.71. The molecule has 0 saturated heterocycles. The number of unbranched alkanes of at least 4 members (excludes halogenated alkanes) is 1. The molecular weight excluding hydrogens is 355 g/mol. The molecule has 0 atom stereocenters. The van der Waals surface area contributed by atoms with E-state index in [0.717, 1.165) is 18.9 Å². The lowest BCUT2D eigenvalue weighted by molar-refractivity contribution is -0.111. The maximum atomic E-state index is 13.5. The molecule has 8 heteroatoms. The standard InChI is InChI=1S/C17H17ClF3N3O/c1-3-4-7-24-17(18)11(10(2)23-24)5-6-16(25)22-15-9-13(20)12(19)8-14(15)21/h5-6,8-9H,3-4,7H2,1-2H3,(H,22,25)/b6-5+. The van der Waals surface area contributed by atoms with Gasteiger partial charge in [-0.25, -0.2) is 13.2 Å². The van der Waals surface area contributed by atoms with E-state index in [1.807, 2.05) is 6.92 Å². The van der Waals surface area contributed by atoms with Crippen molar-refractivity contribution in [1.29, 1.82) is 0 Å². The zero-order valence-corrected chi connectivity index (χ0v) is 14.5. The Hall–Kier alpha value is -2.28. The molecule has 2 aromatic rings. The van der Waals surface area contributed by atoms with Gasteiger partial charge in [0, 0.05) is 30.3 Å². The molecule has 2 rings (SSSR count). The summed E-state index contributed by atoms with van der Waals surface area (Å²) >= 11 is 6.24. The van der Waals surface area contributed by atoms with Gasteiger partial charge in [0.2, 0.25) is 5.91 Å². The molecule has 0 radical (unpaired) electrons. The van der Waals surface area contributed by atoms with Gasteiger partial charge in [0.15, 0.2) is 11.6 Å². The molecule has 0 unspecified atom stereocenters. The zero-order valence-electron chi connectivity index (χ0n) is 13.7. The monoisotopic (exact) mass is 371 g/mol. The van der Waals surface area contributed by atoms with Crippen LogP contribution >= 0.6 is 11.6 Å². The molecule has 0 spiro atoms. The van der Waals surface area contributed by atoms with Crippen molar-refractivity contribution in [3.8, 4) is 0 Å². The zero-order chi connectivity index (χ0) is 18.6. The number of anilines is 1. The number of nitrogens with one attached hydrogen (secondary N) is 1. The first kappa shape index (κ1) is 19.1. The summed E-state index contributed by atoms with van der Waals surface area (Å²) in [7, 11) is 0. The number of hydrogen-bond donors (Lipinski definition) is 1. The number of amides is 1. The summed E-state index contributed by atoms with van der Waals surface area (Å²) in [6.07, 6.45) is 4.48. The number of aromatic nitrogens is 2. The topological polar surface area (TPSA) is 46.9 Å². The molecule has 1 aromatic carbocycles. The second-order valence-corrected chi connectivity index (χ2v) is 5.79. The number of halogens is 4. The fraction of sp³-hybridized carbons (Fsp3) is 0.294. The lowest BCUT2D eigenvalue weighted by atomic mass is 10.2. The number of aryl methyl sites for hydroxylation is 2. The maximum absolute atomic E-state index is 13.5. The Morgan fingerprint density at radius 1 is 1.28 bits per heavy atom. The molecule has 25 heavy (non-hydrogen) atoms. The molecule has 0 fully saturated rings. The quantitative estimate of drug-likeness (QED) is 0.590. The third-order valence-electron chi connectivity index (χ3n) is 3.50. The number of hydrogen-bond acceptors (Lipinski definition) is 2. The normalized spacial score (nSPS) is 11.3. The van der Waals surface area contributed by atoms with Gasteiger partial charge in [-0.15, -0.1) is 0 Å². The van der Waals surface area contributed by atoms with Gasteiger partial charge in [0.25, 0.3) is 0 Å². The highest BCUT2D eigenvalue weighted by atomic mass is 35.5. The van der Waals surface area contributed by atoms with Crippen LogP contribution in [0.2, 0.25) is 5.15 Å². The molecule has 0 aliphatic carbocycles. The summed E-state index contributed by atoms with van der Waals surface area (Å²) in [4.78, 5) is 11.9. The van der Waals surface area contributed by atoms with Crippen molar-refractivity contribution < 1.29 is 18.0 Å². The molecule has 1 heterocycles. The Balaban J connectivity index is 2.13. The molecule has 1 aromatic heterocycles. The average Bonchev–Trinajstić information content (AvgIpc) is 2.82. The summed E-state index contributed by atoms with van der Waals surface area (Å²) in [5.74, 6) is -4.35. The molecule has 0 saturated carbocycles. The van der Waals surface area contributed by atoms with E-state index < -0.39 is 29.0 Å². The molecule has 0 aliphatic rings. The van der Waals surface area contributed by atoms with Crippen LogP contribution in [0.4, 0.5) is 18.9 Å². The maximum Gasteiger partial charge on any atom is 0.248 e. The van der Waals surface area contributed by atoms with Crippen LogP contribution in [0, 0.1) is 24.4 Å². The van der Waals surface area contributed by atoms with Crippen LogP contribution in [0.3, 0.4) is 0 Å². The van der Waals surface area contributed by atoms with Crippen molar-refractivity contribution in [2.45, 2.75) is 33.2 Å². The van der Waals surface area contributed by atoms with Gasteiger partial charge >= 0.3 is 0 Å². The lowest BCUT2D eigenvalue weighted by Gasteiger charge is -2.04. The SMILES string of the molecule is CCCCn1nc(C)c(/C=C/C(=O)Nc2cc(F)c(F)cc2F)c1Cl. The Kier molecular flexibility index (Phi) is 6.25. The molecule has 1 amide bonds. The van der Waals surface area contributed by atoms with Crippen LogP contribution in [-0.2, 0) is 11.3 Å². The first-order chi connectivity index (χ1) is 11.8. The van der Waals surface area contributed by atoms with E-state index in [1.54, 1.807) is 11.6 Å². The van der Waals surface area contributed by atoms with Crippen LogP contribution in [0.25, 0.3) is 6.08 Å². The van der Waals surface area contributed by atoms with Crippen molar-refractivity contribution in [1.82, 2.24) is 9.78 Å². The van der Waals surface area contributed by atoms with E-state index in [2.05, 4.69) is 10.4 Å². The molecule has 0 aliphatic heterocycles. The smallest absolute Gasteiger partial charge is 0.248 e. The van der Waals surface area contributed by atoms with Gasteiger partial charge in [-0.2, -0.15) is 5.10 Å². The minimum Gasteiger partial charge on any atom is -0.320 e. The fourth-order valence-electron chi connectivity index (χ4n) is 2.16. The highest BCUT2D eigenvalue weighted by Crippen LogP contribution is 2.22. The van der Waals surface area contributed by atoms with Crippen molar-refractivity contribution in [2.24, 2.45) is 0 Å². The van der Waals surface area contributed by atoms with Crippen LogP contribution < -0.4 is 5.32 Å². The van der Waals surface area contributed by atoms with Crippen LogP contribution in [-0.4, -0.2) is 15.7 Å². The summed E-state index contributed by atoms with van der Waals surface area (Å²) in [5.41, 5.74) is 0.762. The Morgan fingerprint density at radius 2 is 1.96 bits per heavy atom. The summed E-state index contributed by atoms with van der Waals surface area (Å²) < 4.78 is 41.2. The Labute approximate surface area is 148 Å². The Morgan fingerprint density at radius 3 is 2.64 bits per heavy atom. The van der Waals surface area contributed by atoms with Gasteiger partial charge in [-0.3, -0.25) is 9.48 Å². The predicted molar refractivity (Wildman–Crippen MR) is 90.9 cm³/mol. The van der Waals surface area contributed by atoms with E-state index >= 15 is 0 Å². The fourth-order valence-corrected chi connectivity index (χ4v) is 2.49. The summed E-state index contributed by atoms with van der Waals surface area (Å²) in [5, 5.41) is 6.84. The van der Waals surface area contributed by atoms with Crippen molar-refractivity contribution in [3.63, 3.8) is 0 Å². The molecule has 4 nitrogen and oxygen atoms in total. The Bertz CT molecular complexity index is 818. The van der Waals surface area contributed by atoms with Crippen molar-refractivity contribution >= 4 is 29.3 Å². The van der Waals surface area contributed by atoms with E-state index in [9.17, 15) is 18.0 Å². The van der Waals surface area contributed by atoms with Crippen molar-refractivity contribution in [3.05, 3.63) is 52.1 Å². The minimum atomic E-state index is -1.33.